The molecule has 0 radical (unpaired) electrons. The molecule has 1 atom stereocenters. The van der Waals surface area contributed by atoms with Gasteiger partial charge in [-0.1, -0.05) is 43.0 Å². The number of H-pyrrole nitrogens is 1. The number of rotatable bonds is 5. The third-order valence-corrected chi connectivity index (χ3v) is 4.50. The van der Waals surface area contributed by atoms with E-state index in [2.05, 4.69) is 46.4 Å². The molecule has 1 fully saturated rings. The number of ether oxygens (including phenoxy) is 1. The Kier molecular flexibility index (Phi) is 4.38. The average Bonchev–Trinajstić information content (AvgIpc) is 3.17. The van der Waals surface area contributed by atoms with Gasteiger partial charge in [0.05, 0.1) is 6.10 Å². The first kappa shape index (κ1) is 13.6. The van der Waals surface area contributed by atoms with E-state index in [9.17, 15) is 0 Å². The van der Waals surface area contributed by atoms with Crippen molar-refractivity contribution in [2.24, 2.45) is 0 Å². The molecule has 0 amide bonds. The second kappa shape index (κ2) is 6.41. The Morgan fingerprint density at radius 1 is 1.35 bits per heavy atom. The van der Waals surface area contributed by atoms with Gasteiger partial charge in [0.25, 0.3) is 0 Å². The smallest absolute Gasteiger partial charge is 0.208 e. The molecule has 1 aromatic carbocycles. The molecule has 0 saturated carbocycles. The number of thioether (sulfide) groups is 1. The highest BCUT2D eigenvalue weighted by molar-refractivity contribution is 7.99. The molecule has 1 saturated heterocycles. The highest BCUT2D eigenvalue weighted by Crippen LogP contribution is 2.23. The molecule has 1 N–H and O–H groups in total. The molecule has 3 rings (SSSR count). The van der Waals surface area contributed by atoms with Crippen LogP contribution in [0, 0.1) is 0 Å². The van der Waals surface area contributed by atoms with Crippen LogP contribution in [-0.2, 0) is 11.2 Å². The highest BCUT2D eigenvalue weighted by Gasteiger charge is 2.16. The number of hydrogen-bond donors (Lipinski definition) is 1. The summed E-state index contributed by atoms with van der Waals surface area (Å²) in [7, 11) is 0. The van der Waals surface area contributed by atoms with Gasteiger partial charge < -0.3 is 4.74 Å². The van der Waals surface area contributed by atoms with E-state index in [1.165, 1.54) is 12.0 Å². The number of hydrogen-bond acceptors (Lipinski definition) is 4. The van der Waals surface area contributed by atoms with E-state index >= 15 is 0 Å². The SMILES string of the molecule is CCc1ccc(-c2nc(SC[C@H]3CCCO3)n[nH]2)cc1. The lowest BCUT2D eigenvalue weighted by atomic mass is 10.1. The van der Waals surface area contributed by atoms with Crippen LogP contribution in [0.2, 0.25) is 0 Å². The van der Waals surface area contributed by atoms with Gasteiger partial charge in [-0.3, -0.25) is 5.10 Å². The summed E-state index contributed by atoms with van der Waals surface area (Å²) >= 11 is 1.66. The number of aromatic amines is 1. The second-order valence-corrected chi connectivity index (χ2v) is 5.95. The number of nitrogens with one attached hydrogen (secondary N) is 1. The summed E-state index contributed by atoms with van der Waals surface area (Å²) in [4.78, 5) is 4.54. The highest BCUT2D eigenvalue weighted by atomic mass is 32.2. The molecule has 0 bridgehead atoms. The summed E-state index contributed by atoms with van der Waals surface area (Å²) in [6.45, 7) is 3.05. The minimum Gasteiger partial charge on any atom is -0.377 e. The summed E-state index contributed by atoms with van der Waals surface area (Å²) in [5.41, 5.74) is 2.42. The van der Waals surface area contributed by atoms with Gasteiger partial charge in [0.1, 0.15) is 0 Å². The Morgan fingerprint density at radius 2 is 2.20 bits per heavy atom. The first-order valence-electron chi connectivity index (χ1n) is 7.11. The number of benzene rings is 1. The standard InChI is InChI=1S/C15H19N3OS/c1-2-11-5-7-12(8-6-11)14-16-15(18-17-14)20-10-13-4-3-9-19-13/h5-8,13H,2-4,9-10H2,1H3,(H,16,17,18)/t13-/m1/s1. The molecular weight excluding hydrogens is 270 g/mol. The molecule has 2 aromatic rings. The van der Waals surface area contributed by atoms with Gasteiger partial charge in [-0.05, 0) is 24.8 Å². The topological polar surface area (TPSA) is 50.8 Å². The fourth-order valence-electron chi connectivity index (χ4n) is 2.28. The zero-order valence-corrected chi connectivity index (χ0v) is 12.4. The maximum Gasteiger partial charge on any atom is 0.208 e. The van der Waals surface area contributed by atoms with E-state index in [0.29, 0.717) is 6.10 Å². The van der Waals surface area contributed by atoms with Crippen LogP contribution in [0.4, 0.5) is 0 Å². The lowest BCUT2D eigenvalue weighted by Crippen LogP contribution is -2.07. The van der Waals surface area contributed by atoms with Gasteiger partial charge in [0, 0.05) is 17.9 Å². The van der Waals surface area contributed by atoms with Gasteiger partial charge in [0.15, 0.2) is 5.82 Å². The lowest BCUT2D eigenvalue weighted by molar-refractivity contribution is 0.129. The van der Waals surface area contributed by atoms with Gasteiger partial charge in [-0.2, -0.15) is 0 Å². The summed E-state index contributed by atoms with van der Waals surface area (Å²) in [5.74, 6) is 1.77. The monoisotopic (exact) mass is 289 g/mol. The average molecular weight is 289 g/mol. The van der Waals surface area contributed by atoms with Crippen molar-refractivity contribution in [3.05, 3.63) is 29.8 Å². The summed E-state index contributed by atoms with van der Waals surface area (Å²) in [5, 5.41) is 8.08. The zero-order chi connectivity index (χ0) is 13.8. The second-order valence-electron chi connectivity index (χ2n) is 4.96. The number of aromatic nitrogens is 3. The van der Waals surface area contributed by atoms with E-state index in [1.54, 1.807) is 11.8 Å². The molecule has 0 aliphatic carbocycles. The van der Waals surface area contributed by atoms with Crippen molar-refractivity contribution in [2.75, 3.05) is 12.4 Å². The molecule has 1 aliphatic heterocycles. The predicted octanol–water partition coefficient (Wildman–Crippen LogP) is 3.31. The molecular formula is C15H19N3OS. The van der Waals surface area contributed by atoms with Crippen LogP contribution in [0.25, 0.3) is 11.4 Å². The van der Waals surface area contributed by atoms with Crippen molar-refractivity contribution in [3.63, 3.8) is 0 Å². The normalized spacial score (nSPS) is 18.6. The van der Waals surface area contributed by atoms with E-state index in [0.717, 1.165) is 41.7 Å². The Bertz CT molecular complexity index is 547. The third kappa shape index (κ3) is 3.22. The fourth-order valence-corrected chi connectivity index (χ4v) is 3.15. The first-order valence-corrected chi connectivity index (χ1v) is 8.10. The maximum atomic E-state index is 5.61. The van der Waals surface area contributed by atoms with Crippen LogP contribution in [0.1, 0.15) is 25.3 Å². The maximum absolute atomic E-state index is 5.61. The van der Waals surface area contributed by atoms with E-state index in [-0.39, 0.29) is 0 Å². The van der Waals surface area contributed by atoms with Crippen LogP contribution < -0.4 is 0 Å². The predicted molar refractivity (Wildman–Crippen MR) is 80.9 cm³/mol. The van der Waals surface area contributed by atoms with Gasteiger partial charge in [-0.15, -0.1) is 5.10 Å². The Labute approximate surface area is 123 Å². The zero-order valence-electron chi connectivity index (χ0n) is 11.6. The van der Waals surface area contributed by atoms with Crippen molar-refractivity contribution in [2.45, 2.75) is 37.4 Å². The molecule has 4 nitrogen and oxygen atoms in total. The fraction of sp³-hybridized carbons (Fsp3) is 0.467. The largest absolute Gasteiger partial charge is 0.377 e. The molecule has 106 valence electrons. The summed E-state index contributed by atoms with van der Waals surface area (Å²) in [6.07, 6.45) is 3.75. The molecule has 2 heterocycles. The molecule has 0 spiro atoms. The van der Waals surface area contributed by atoms with Crippen LogP contribution in [0.15, 0.2) is 29.4 Å². The number of aryl methyl sites for hydroxylation is 1. The third-order valence-electron chi connectivity index (χ3n) is 3.52. The molecule has 0 unspecified atom stereocenters. The van der Waals surface area contributed by atoms with Crippen molar-refractivity contribution in [1.82, 2.24) is 15.2 Å². The van der Waals surface area contributed by atoms with Crippen molar-refractivity contribution in [1.29, 1.82) is 0 Å². The Morgan fingerprint density at radius 3 is 2.90 bits per heavy atom. The minimum atomic E-state index is 0.366. The first-order chi connectivity index (χ1) is 9.85. The van der Waals surface area contributed by atoms with E-state index in [1.807, 2.05) is 0 Å². The van der Waals surface area contributed by atoms with Gasteiger partial charge in [-0.25, -0.2) is 4.98 Å². The lowest BCUT2D eigenvalue weighted by Gasteiger charge is -2.05. The molecule has 5 heteroatoms. The Hall–Kier alpha value is -1.33. The van der Waals surface area contributed by atoms with Gasteiger partial charge in [0.2, 0.25) is 5.16 Å². The van der Waals surface area contributed by atoms with Crippen molar-refractivity contribution < 1.29 is 4.74 Å². The summed E-state index contributed by atoms with van der Waals surface area (Å²) in [6, 6.07) is 8.45. The van der Waals surface area contributed by atoms with Crippen molar-refractivity contribution in [3.8, 4) is 11.4 Å². The van der Waals surface area contributed by atoms with Crippen LogP contribution in [0.5, 0.6) is 0 Å². The van der Waals surface area contributed by atoms with Crippen LogP contribution in [0.3, 0.4) is 0 Å². The molecule has 1 aliphatic rings. The van der Waals surface area contributed by atoms with E-state index < -0.39 is 0 Å². The number of nitrogens with zero attached hydrogens (tertiary/aromatic N) is 2. The Balaban J connectivity index is 1.62. The molecule has 1 aromatic heterocycles. The van der Waals surface area contributed by atoms with Crippen molar-refractivity contribution >= 4 is 11.8 Å². The quantitative estimate of drug-likeness (QED) is 0.858. The van der Waals surface area contributed by atoms with Crippen LogP contribution in [-0.4, -0.2) is 33.6 Å². The minimum absolute atomic E-state index is 0.366. The van der Waals surface area contributed by atoms with E-state index in [4.69, 9.17) is 4.74 Å². The van der Waals surface area contributed by atoms with Crippen LogP contribution >= 0.6 is 11.8 Å². The summed E-state index contributed by atoms with van der Waals surface area (Å²) < 4.78 is 5.61. The van der Waals surface area contributed by atoms with Gasteiger partial charge >= 0.3 is 0 Å². The molecule has 20 heavy (non-hydrogen) atoms.